The molecule has 21 heavy (non-hydrogen) atoms. The molecule has 0 saturated heterocycles. The summed E-state index contributed by atoms with van der Waals surface area (Å²) in [7, 11) is 5.26. The normalized spacial score (nSPS) is 12.0. The topological polar surface area (TPSA) is 47.4 Å². The lowest BCUT2D eigenvalue weighted by molar-refractivity contribution is 0.0740. The molecule has 2 rings (SSSR count). The number of hydrogen-bond acceptors (Lipinski definition) is 3. The second kappa shape index (κ2) is 5.99. The maximum Gasteiger partial charge on any atom is 0.257 e. The van der Waals surface area contributed by atoms with Crippen molar-refractivity contribution in [2.24, 2.45) is 7.05 Å². The van der Waals surface area contributed by atoms with E-state index < -0.39 is 0 Å². The molecule has 0 aliphatic carbocycles. The SMILES string of the molecule is COc1ccccc1[C@@H](C)N(C)C(=O)c1cnn(C)c1C. The van der Waals surface area contributed by atoms with Gasteiger partial charge in [-0.15, -0.1) is 0 Å². The molecule has 1 aromatic carbocycles. The van der Waals surface area contributed by atoms with E-state index in [1.807, 2.05) is 45.2 Å². The quantitative estimate of drug-likeness (QED) is 0.868. The van der Waals surface area contributed by atoms with E-state index >= 15 is 0 Å². The smallest absolute Gasteiger partial charge is 0.257 e. The van der Waals surface area contributed by atoms with E-state index in [9.17, 15) is 4.79 Å². The molecule has 5 nitrogen and oxygen atoms in total. The van der Waals surface area contributed by atoms with E-state index in [4.69, 9.17) is 4.74 Å². The number of amides is 1. The summed E-state index contributed by atoms with van der Waals surface area (Å²) in [6.45, 7) is 3.88. The largest absolute Gasteiger partial charge is 0.496 e. The van der Waals surface area contributed by atoms with Crippen LogP contribution in [-0.4, -0.2) is 34.7 Å². The molecule has 0 aliphatic rings. The van der Waals surface area contributed by atoms with Crippen molar-refractivity contribution in [3.8, 4) is 5.75 Å². The first-order chi connectivity index (χ1) is 9.97. The molecular formula is C16H21N3O2. The predicted octanol–water partition coefficient (Wildman–Crippen LogP) is 2.57. The zero-order valence-electron chi connectivity index (χ0n) is 13.1. The maximum atomic E-state index is 12.6. The number of carbonyl (C=O) groups is 1. The maximum absolute atomic E-state index is 12.6. The number of methoxy groups -OCH3 is 1. The van der Waals surface area contributed by atoms with E-state index in [1.165, 1.54) is 0 Å². The number of aromatic nitrogens is 2. The first kappa shape index (κ1) is 15.1. The van der Waals surface area contributed by atoms with Crippen LogP contribution in [0.2, 0.25) is 0 Å². The van der Waals surface area contributed by atoms with Gasteiger partial charge in [0.25, 0.3) is 5.91 Å². The molecule has 0 fully saturated rings. The minimum absolute atomic E-state index is 0.0426. The highest BCUT2D eigenvalue weighted by Gasteiger charge is 2.23. The Morgan fingerprint density at radius 2 is 2.05 bits per heavy atom. The lowest BCUT2D eigenvalue weighted by Gasteiger charge is -2.26. The van der Waals surface area contributed by atoms with Crippen LogP contribution in [0.15, 0.2) is 30.5 Å². The van der Waals surface area contributed by atoms with Crippen LogP contribution in [0.25, 0.3) is 0 Å². The van der Waals surface area contributed by atoms with Gasteiger partial charge in [-0.25, -0.2) is 0 Å². The van der Waals surface area contributed by atoms with E-state index in [2.05, 4.69) is 5.10 Å². The average molecular weight is 287 g/mol. The summed E-state index contributed by atoms with van der Waals surface area (Å²) in [5.41, 5.74) is 2.47. The third kappa shape index (κ3) is 2.77. The standard InChI is InChI=1S/C16H21N3O2/c1-11(13-8-6-7-9-15(13)21-5)18(3)16(20)14-10-17-19(4)12(14)2/h6-11H,1-5H3/t11-/m1/s1. The molecule has 1 atom stereocenters. The van der Waals surface area contributed by atoms with Crippen molar-refractivity contribution in [1.29, 1.82) is 0 Å². The van der Waals surface area contributed by atoms with Crippen LogP contribution in [-0.2, 0) is 7.05 Å². The molecule has 0 saturated carbocycles. The monoisotopic (exact) mass is 287 g/mol. The molecular weight excluding hydrogens is 266 g/mol. The Morgan fingerprint density at radius 1 is 1.38 bits per heavy atom. The minimum atomic E-state index is -0.0896. The summed E-state index contributed by atoms with van der Waals surface area (Å²) in [4.78, 5) is 14.3. The van der Waals surface area contributed by atoms with Crippen LogP contribution in [0.1, 0.15) is 34.6 Å². The van der Waals surface area contributed by atoms with Gasteiger partial charge >= 0.3 is 0 Å². The highest BCUT2D eigenvalue weighted by Crippen LogP contribution is 2.29. The summed E-state index contributed by atoms with van der Waals surface area (Å²) in [5, 5.41) is 4.13. The van der Waals surface area contributed by atoms with Gasteiger partial charge in [-0.3, -0.25) is 9.48 Å². The zero-order valence-corrected chi connectivity index (χ0v) is 13.1. The Labute approximate surface area is 125 Å². The fraction of sp³-hybridized carbons (Fsp3) is 0.375. The number of rotatable bonds is 4. The van der Waals surface area contributed by atoms with Gasteiger partial charge in [0.05, 0.1) is 24.9 Å². The van der Waals surface area contributed by atoms with Gasteiger partial charge < -0.3 is 9.64 Å². The molecule has 0 aliphatic heterocycles. The third-order valence-corrected chi connectivity index (χ3v) is 3.96. The Balaban J connectivity index is 2.29. The highest BCUT2D eigenvalue weighted by molar-refractivity contribution is 5.95. The van der Waals surface area contributed by atoms with Crippen molar-refractivity contribution in [3.63, 3.8) is 0 Å². The molecule has 0 N–H and O–H groups in total. The van der Waals surface area contributed by atoms with Gasteiger partial charge in [0.2, 0.25) is 0 Å². The Morgan fingerprint density at radius 3 is 2.62 bits per heavy atom. The Bertz CT molecular complexity index is 649. The second-order valence-corrected chi connectivity index (χ2v) is 5.10. The number of para-hydroxylation sites is 1. The number of nitrogens with zero attached hydrogens (tertiary/aromatic N) is 3. The first-order valence-electron chi connectivity index (χ1n) is 6.86. The summed E-state index contributed by atoms with van der Waals surface area (Å²) in [6, 6.07) is 7.65. The van der Waals surface area contributed by atoms with Crippen molar-refractivity contribution < 1.29 is 9.53 Å². The molecule has 0 unspecified atom stereocenters. The van der Waals surface area contributed by atoms with Gasteiger partial charge in [-0.2, -0.15) is 5.10 Å². The van der Waals surface area contributed by atoms with Crippen LogP contribution < -0.4 is 4.74 Å². The molecule has 0 spiro atoms. The summed E-state index contributed by atoms with van der Waals surface area (Å²) >= 11 is 0. The number of benzene rings is 1. The summed E-state index contributed by atoms with van der Waals surface area (Å²) < 4.78 is 7.08. The Hall–Kier alpha value is -2.30. The fourth-order valence-corrected chi connectivity index (χ4v) is 2.29. The van der Waals surface area contributed by atoms with Gasteiger partial charge in [-0.1, -0.05) is 18.2 Å². The van der Waals surface area contributed by atoms with Crippen LogP contribution in [0.3, 0.4) is 0 Å². The molecule has 0 radical (unpaired) electrons. The number of aryl methyl sites for hydroxylation is 1. The average Bonchev–Trinajstić information content (AvgIpc) is 2.84. The molecule has 0 bridgehead atoms. The first-order valence-corrected chi connectivity index (χ1v) is 6.86. The van der Waals surface area contributed by atoms with Crippen molar-refractivity contribution in [3.05, 3.63) is 47.3 Å². The molecule has 112 valence electrons. The van der Waals surface area contributed by atoms with E-state index in [0.29, 0.717) is 5.56 Å². The van der Waals surface area contributed by atoms with Gasteiger partial charge in [-0.05, 0) is 19.9 Å². The lowest BCUT2D eigenvalue weighted by Crippen LogP contribution is -2.30. The molecule has 5 heteroatoms. The third-order valence-electron chi connectivity index (χ3n) is 3.96. The van der Waals surface area contributed by atoms with Gasteiger partial charge in [0.15, 0.2) is 0 Å². The zero-order chi connectivity index (χ0) is 15.6. The van der Waals surface area contributed by atoms with Crippen LogP contribution in [0, 0.1) is 6.92 Å². The van der Waals surface area contributed by atoms with Gasteiger partial charge in [0.1, 0.15) is 5.75 Å². The Kier molecular flexibility index (Phi) is 4.31. The predicted molar refractivity (Wildman–Crippen MR) is 81.4 cm³/mol. The minimum Gasteiger partial charge on any atom is -0.496 e. The highest BCUT2D eigenvalue weighted by atomic mass is 16.5. The van der Waals surface area contributed by atoms with Crippen molar-refractivity contribution in [1.82, 2.24) is 14.7 Å². The van der Waals surface area contributed by atoms with Crippen LogP contribution >= 0.6 is 0 Å². The van der Waals surface area contributed by atoms with E-state index in [-0.39, 0.29) is 11.9 Å². The number of carbonyl (C=O) groups excluding carboxylic acids is 1. The lowest BCUT2D eigenvalue weighted by atomic mass is 10.1. The van der Waals surface area contributed by atoms with Crippen LogP contribution in [0.5, 0.6) is 5.75 Å². The summed E-state index contributed by atoms with van der Waals surface area (Å²) in [6.07, 6.45) is 1.61. The van der Waals surface area contributed by atoms with Crippen molar-refractivity contribution >= 4 is 5.91 Å². The molecule has 1 amide bonds. The summed E-state index contributed by atoms with van der Waals surface area (Å²) in [5.74, 6) is 0.742. The van der Waals surface area contributed by atoms with E-state index in [1.54, 1.807) is 29.9 Å². The molecule has 1 aromatic heterocycles. The molecule has 2 aromatic rings. The van der Waals surface area contributed by atoms with Crippen molar-refractivity contribution in [2.75, 3.05) is 14.2 Å². The van der Waals surface area contributed by atoms with Crippen molar-refractivity contribution in [2.45, 2.75) is 19.9 Å². The molecule has 1 heterocycles. The van der Waals surface area contributed by atoms with Gasteiger partial charge in [0, 0.05) is 25.4 Å². The second-order valence-electron chi connectivity index (χ2n) is 5.10. The number of hydrogen-bond donors (Lipinski definition) is 0. The van der Waals surface area contributed by atoms with E-state index in [0.717, 1.165) is 17.0 Å². The fourth-order valence-electron chi connectivity index (χ4n) is 2.29. The number of ether oxygens (including phenoxy) is 1. The van der Waals surface area contributed by atoms with Crippen LogP contribution in [0.4, 0.5) is 0 Å².